The van der Waals surface area contributed by atoms with Gasteiger partial charge in [-0.15, -0.1) is 11.3 Å². The van der Waals surface area contributed by atoms with Crippen molar-refractivity contribution in [2.24, 2.45) is 0 Å². The lowest BCUT2D eigenvalue weighted by atomic mass is 10.0. The van der Waals surface area contributed by atoms with Crippen molar-refractivity contribution in [2.75, 3.05) is 13.6 Å². The molecule has 0 aliphatic heterocycles. The topological polar surface area (TPSA) is 62.6 Å². The fraction of sp³-hybridized carbons (Fsp3) is 0.238. The maximum absolute atomic E-state index is 12.6. The molecule has 1 N–H and O–H groups in total. The van der Waals surface area contributed by atoms with Crippen LogP contribution < -0.4 is 5.32 Å². The summed E-state index contributed by atoms with van der Waals surface area (Å²) in [6.07, 6.45) is 2.41. The van der Waals surface area contributed by atoms with Crippen molar-refractivity contribution in [1.82, 2.24) is 10.2 Å². The van der Waals surface area contributed by atoms with Gasteiger partial charge in [0.25, 0.3) is 5.91 Å². The zero-order valence-electron chi connectivity index (χ0n) is 15.3. The molecule has 0 aliphatic carbocycles. The highest BCUT2D eigenvalue weighted by Gasteiger charge is 2.21. The third kappa shape index (κ3) is 4.65. The second kappa shape index (κ2) is 8.68. The Morgan fingerprint density at radius 1 is 1.15 bits per heavy atom. The number of nitrogens with zero attached hydrogens (tertiary/aromatic N) is 1. The summed E-state index contributed by atoms with van der Waals surface area (Å²) in [4.78, 5) is 27.2. The van der Waals surface area contributed by atoms with Gasteiger partial charge >= 0.3 is 0 Å². The standard InChI is InChI=1S/C21H22N2O3S/c1-3-15-8-10-16(11-9-15)20(18-7-5-13-27-18)22-19(24)14-23(2)21(25)17-6-4-12-26-17/h4-13,20H,3,14H2,1-2H3,(H,22,24). The van der Waals surface area contributed by atoms with E-state index in [0.29, 0.717) is 0 Å². The molecule has 1 unspecified atom stereocenters. The number of likely N-dealkylation sites (N-methyl/N-ethyl adjacent to an activating group) is 1. The lowest BCUT2D eigenvalue weighted by molar-refractivity contribution is -0.122. The molecule has 1 aromatic carbocycles. The summed E-state index contributed by atoms with van der Waals surface area (Å²) in [7, 11) is 1.58. The molecule has 140 valence electrons. The number of hydrogen-bond acceptors (Lipinski definition) is 4. The van der Waals surface area contributed by atoms with Crippen LogP contribution >= 0.6 is 11.3 Å². The quantitative estimate of drug-likeness (QED) is 0.674. The molecule has 0 spiro atoms. The number of carbonyl (C=O) groups excluding carboxylic acids is 2. The first kappa shape index (κ1) is 18.9. The van der Waals surface area contributed by atoms with E-state index in [0.717, 1.165) is 16.9 Å². The Balaban J connectivity index is 1.72. The normalized spacial score (nSPS) is 11.8. The van der Waals surface area contributed by atoms with E-state index in [-0.39, 0.29) is 30.2 Å². The third-order valence-electron chi connectivity index (χ3n) is 4.31. The van der Waals surface area contributed by atoms with E-state index in [1.165, 1.54) is 16.7 Å². The zero-order valence-corrected chi connectivity index (χ0v) is 16.2. The van der Waals surface area contributed by atoms with E-state index < -0.39 is 0 Å². The number of benzene rings is 1. The molecule has 6 heteroatoms. The van der Waals surface area contributed by atoms with Crippen molar-refractivity contribution in [3.8, 4) is 0 Å². The lowest BCUT2D eigenvalue weighted by Crippen LogP contribution is -2.39. The minimum absolute atomic E-state index is 0.0472. The van der Waals surface area contributed by atoms with Crippen LogP contribution in [0.4, 0.5) is 0 Å². The molecule has 2 amide bonds. The molecule has 0 saturated heterocycles. The smallest absolute Gasteiger partial charge is 0.289 e. The molecule has 2 heterocycles. The molecule has 0 bridgehead atoms. The molecule has 0 aliphatic rings. The summed E-state index contributed by atoms with van der Waals surface area (Å²) in [6.45, 7) is 2.06. The van der Waals surface area contributed by atoms with Crippen molar-refractivity contribution in [1.29, 1.82) is 0 Å². The highest BCUT2D eigenvalue weighted by molar-refractivity contribution is 7.10. The van der Waals surface area contributed by atoms with Crippen LogP contribution in [0.25, 0.3) is 0 Å². The third-order valence-corrected chi connectivity index (χ3v) is 5.25. The van der Waals surface area contributed by atoms with Crippen LogP contribution in [0.2, 0.25) is 0 Å². The predicted octanol–water partition coefficient (Wildman–Crippen LogP) is 3.88. The van der Waals surface area contributed by atoms with Gasteiger partial charge in [-0.3, -0.25) is 9.59 Å². The highest BCUT2D eigenvalue weighted by Crippen LogP contribution is 2.26. The van der Waals surface area contributed by atoms with Crippen LogP contribution in [-0.4, -0.2) is 30.3 Å². The molecular formula is C21H22N2O3S. The van der Waals surface area contributed by atoms with Gasteiger partial charge in [0.15, 0.2) is 5.76 Å². The molecule has 1 atom stereocenters. The number of thiophene rings is 1. The fourth-order valence-corrected chi connectivity index (χ4v) is 3.60. The van der Waals surface area contributed by atoms with Crippen molar-refractivity contribution >= 4 is 23.2 Å². The van der Waals surface area contributed by atoms with Gasteiger partial charge in [-0.05, 0) is 41.1 Å². The van der Waals surface area contributed by atoms with Crippen LogP contribution in [0.1, 0.15) is 39.5 Å². The molecule has 0 saturated carbocycles. The SMILES string of the molecule is CCc1ccc(C(NC(=O)CN(C)C(=O)c2ccco2)c2cccs2)cc1. The summed E-state index contributed by atoms with van der Waals surface area (Å²) in [5.74, 6) is -0.333. The predicted molar refractivity (Wildman–Crippen MR) is 106 cm³/mol. The Morgan fingerprint density at radius 3 is 2.52 bits per heavy atom. The number of aryl methyl sites for hydroxylation is 1. The van der Waals surface area contributed by atoms with E-state index in [4.69, 9.17) is 4.42 Å². The van der Waals surface area contributed by atoms with Gasteiger partial charge in [0.2, 0.25) is 5.91 Å². The minimum Gasteiger partial charge on any atom is -0.459 e. The number of amides is 2. The average molecular weight is 382 g/mol. The Hall–Kier alpha value is -2.86. The van der Waals surface area contributed by atoms with Gasteiger partial charge in [-0.2, -0.15) is 0 Å². The summed E-state index contributed by atoms with van der Waals surface area (Å²) < 4.78 is 5.11. The fourth-order valence-electron chi connectivity index (χ4n) is 2.80. The number of nitrogens with one attached hydrogen (secondary N) is 1. The summed E-state index contributed by atoms with van der Waals surface area (Å²) in [5.41, 5.74) is 2.27. The first-order valence-electron chi connectivity index (χ1n) is 8.79. The van der Waals surface area contributed by atoms with Crippen molar-refractivity contribution < 1.29 is 14.0 Å². The molecule has 3 aromatic rings. The molecule has 3 rings (SSSR count). The highest BCUT2D eigenvalue weighted by atomic mass is 32.1. The molecule has 27 heavy (non-hydrogen) atoms. The Morgan fingerprint density at radius 2 is 1.93 bits per heavy atom. The van der Waals surface area contributed by atoms with Gasteiger partial charge in [0.1, 0.15) is 0 Å². The summed E-state index contributed by atoms with van der Waals surface area (Å²) in [6, 6.07) is 15.2. The van der Waals surface area contributed by atoms with E-state index >= 15 is 0 Å². The van der Waals surface area contributed by atoms with Crippen LogP contribution in [0.15, 0.2) is 64.6 Å². The maximum atomic E-state index is 12.6. The number of hydrogen-bond donors (Lipinski definition) is 1. The molecule has 2 aromatic heterocycles. The molecule has 5 nitrogen and oxygen atoms in total. The van der Waals surface area contributed by atoms with Gasteiger partial charge in [0, 0.05) is 11.9 Å². The summed E-state index contributed by atoms with van der Waals surface area (Å²) in [5, 5.41) is 5.04. The Labute approximate surface area is 162 Å². The van der Waals surface area contributed by atoms with Gasteiger partial charge < -0.3 is 14.6 Å². The number of carbonyl (C=O) groups is 2. The average Bonchev–Trinajstić information content (AvgIpc) is 3.39. The van der Waals surface area contributed by atoms with E-state index in [9.17, 15) is 9.59 Å². The van der Waals surface area contributed by atoms with Crippen molar-refractivity contribution in [2.45, 2.75) is 19.4 Å². The van der Waals surface area contributed by atoms with Crippen molar-refractivity contribution in [3.05, 3.63) is 81.9 Å². The Bertz CT molecular complexity index is 871. The van der Waals surface area contributed by atoms with Gasteiger partial charge in [-0.25, -0.2) is 0 Å². The van der Waals surface area contributed by atoms with E-state index in [2.05, 4.69) is 24.4 Å². The van der Waals surface area contributed by atoms with Gasteiger partial charge in [-0.1, -0.05) is 37.3 Å². The second-order valence-electron chi connectivity index (χ2n) is 6.25. The summed E-state index contributed by atoms with van der Waals surface area (Å²) >= 11 is 1.59. The maximum Gasteiger partial charge on any atom is 0.289 e. The zero-order chi connectivity index (χ0) is 19.2. The van der Waals surface area contributed by atoms with Gasteiger partial charge in [0.05, 0.1) is 18.8 Å². The van der Waals surface area contributed by atoms with Crippen molar-refractivity contribution in [3.63, 3.8) is 0 Å². The Kier molecular flexibility index (Phi) is 6.08. The monoisotopic (exact) mass is 382 g/mol. The van der Waals surface area contributed by atoms with Crippen LogP contribution in [0.3, 0.4) is 0 Å². The molecular weight excluding hydrogens is 360 g/mol. The molecule has 0 radical (unpaired) electrons. The lowest BCUT2D eigenvalue weighted by Gasteiger charge is -2.21. The first-order chi connectivity index (χ1) is 13.1. The first-order valence-corrected chi connectivity index (χ1v) is 9.67. The van der Waals surface area contributed by atoms with Crippen LogP contribution in [0, 0.1) is 0 Å². The number of furan rings is 1. The van der Waals surface area contributed by atoms with Crippen LogP contribution in [-0.2, 0) is 11.2 Å². The van der Waals surface area contributed by atoms with Crippen LogP contribution in [0.5, 0.6) is 0 Å². The number of rotatable bonds is 7. The minimum atomic E-state index is -0.324. The van der Waals surface area contributed by atoms with E-state index in [1.54, 1.807) is 30.5 Å². The second-order valence-corrected chi connectivity index (χ2v) is 7.23. The largest absolute Gasteiger partial charge is 0.459 e. The van der Waals surface area contributed by atoms with E-state index in [1.807, 2.05) is 29.6 Å². The molecule has 0 fully saturated rings.